The van der Waals surface area contributed by atoms with Crippen LogP contribution in [0.3, 0.4) is 0 Å². The van der Waals surface area contributed by atoms with Gasteiger partial charge >= 0.3 is 6.09 Å². The van der Waals surface area contributed by atoms with Gasteiger partial charge in [-0.25, -0.2) is 4.79 Å². The summed E-state index contributed by atoms with van der Waals surface area (Å²) in [5.41, 5.74) is 1.05. The molecule has 1 unspecified atom stereocenters. The lowest BCUT2D eigenvalue weighted by Crippen LogP contribution is -2.30. The second-order valence-corrected chi connectivity index (χ2v) is 4.92. The van der Waals surface area contributed by atoms with Crippen molar-refractivity contribution in [2.45, 2.75) is 12.5 Å². The van der Waals surface area contributed by atoms with Crippen molar-refractivity contribution in [2.75, 3.05) is 18.4 Å². The van der Waals surface area contributed by atoms with Gasteiger partial charge in [0.25, 0.3) is 0 Å². The zero-order chi connectivity index (χ0) is 13.2. The Labute approximate surface area is 111 Å². The van der Waals surface area contributed by atoms with Crippen LogP contribution in [-0.2, 0) is 0 Å². The van der Waals surface area contributed by atoms with Crippen LogP contribution in [0.5, 0.6) is 0 Å². The number of fused-ring (bicyclic) bond motifs is 1. The summed E-state index contributed by atoms with van der Waals surface area (Å²) in [5, 5.41) is 14.8. The molecule has 1 heterocycles. The average Bonchev–Trinajstić information content (AvgIpc) is 2.87. The van der Waals surface area contributed by atoms with E-state index in [0.29, 0.717) is 13.1 Å². The fourth-order valence-corrected chi connectivity index (χ4v) is 2.57. The first-order chi connectivity index (χ1) is 9.22. The summed E-state index contributed by atoms with van der Waals surface area (Å²) in [6.07, 6.45) is 0.0295. The Morgan fingerprint density at radius 2 is 2.00 bits per heavy atom. The van der Waals surface area contributed by atoms with Crippen molar-refractivity contribution >= 4 is 22.6 Å². The zero-order valence-electron chi connectivity index (χ0n) is 10.5. The van der Waals surface area contributed by atoms with E-state index >= 15 is 0 Å². The molecule has 0 aliphatic carbocycles. The summed E-state index contributed by atoms with van der Waals surface area (Å²) in [7, 11) is 0. The molecule has 1 aliphatic heterocycles. The van der Waals surface area contributed by atoms with E-state index in [1.807, 2.05) is 18.2 Å². The quantitative estimate of drug-likeness (QED) is 0.868. The first-order valence-corrected chi connectivity index (χ1v) is 6.45. The van der Waals surface area contributed by atoms with E-state index < -0.39 is 6.09 Å². The van der Waals surface area contributed by atoms with E-state index in [1.165, 1.54) is 15.7 Å². The van der Waals surface area contributed by atoms with Crippen LogP contribution in [0.2, 0.25) is 0 Å². The lowest BCUT2D eigenvalue weighted by molar-refractivity contribution is 0.155. The van der Waals surface area contributed by atoms with Crippen LogP contribution in [0.1, 0.15) is 6.42 Å². The van der Waals surface area contributed by atoms with Gasteiger partial charge in [-0.2, -0.15) is 0 Å². The van der Waals surface area contributed by atoms with E-state index in [1.54, 1.807) is 0 Å². The van der Waals surface area contributed by atoms with Gasteiger partial charge in [0.2, 0.25) is 0 Å². The maximum Gasteiger partial charge on any atom is 0.407 e. The van der Waals surface area contributed by atoms with E-state index in [9.17, 15) is 4.79 Å². The molecule has 1 fully saturated rings. The normalized spacial score (nSPS) is 18.7. The number of nitrogens with zero attached hydrogens (tertiary/aromatic N) is 1. The second kappa shape index (κ2) is 4.80. The van der Waals surface area contributed by atoms with Gasteiger partial charge in [-0.15, -0.1) is 0 Å². The molecule has 0 radical (unpaired) electrons. The molecule has 4 nitrogen and oxygen atoms in total. The Bertz CT molecular complexity index is 612. The lowest BCUT2D eigenvalue weighted by Gasteiger charge is -2.15. The van der Waals surface area contributed by atoms with Gasteiger partial charge in [-0.05, 0) is 29.3 Å². The number of hydrogen-bond acceptors (Lipinski definition) is 2. The number of hydrogen-bond donors (Lipinski definition) is 2. The first-order valence-electron chi connectivity index (χ1n) is 6.45. The van der Waals surface area contributed by atoms with Crippen LogP contribution in [0, 0.1) is 0 Å². The largest absolute Gasteiger partial charge is 0.465 e. The molecule has 2 N–H and O–H groups in total. The van der Waals surface area contributed by atoms with Crippen molar-refractivity contribution in [1.29, 1.82) is 0 Å². The predicted octanol–water partition coefficient (Wildman–Crippen LogP) is 3.00. The Morgan fingerprint density at radius 3 is 2.74 bits per heavy atom. The van der Waals surface area contributed by atoms with Crippen molar-refractivity contribution < 1.29 is 9.90 Å². The smallest absolute Gasteiger partial charge is 0.407 e. The Morgan fingerprint density at radius 1 is 1.21 bits per heavy atom. The highest BCUT2D eigenvalue weighted by Crippen LogP contribution is 2.21. The molecule has 1 atom stereocenters. The molecule has 98 valence electrons. The molecule has 2 aromatic rings. The zero-order valence-corrected chi connectivity index (χ0v) is 10.5. The molecule has 1 saturated heterocycles. The van der Waals surface area contributed by atoms with Gasteiger partial charge < -0.3 is 15.3 Å². The van der Waals surface area contributed by atoms with Crippen LogP contribution < -0.4 is 5.32 Å². The van der Waals surface area contributed by atoms with Crippen LogP contribution in [0.4, 0.5) is 10.5 Å². The SMILES string of the molecule is O=C(O)N1CCC(Nc2ccc3ccccc3c2)C1. The average molecular weight is 256 g/mol. The molecule has 0 aromatic heterocycles. The number of anilines is 1. The topological polar surface area (TPSA) is 52.6 Å². The van der Waals surface area contributed by atoms with Crippen LogP contribution in [-0.4, -0.2) is 35.2 Å². The Hall–Kier alpha value is -2.23. The van der Waals surface area contributed by atoms with Crippen molar-refractivity contribution in [3.05, 3.63) is 42.5 Å². The Kier molecular flexibility index (Phi) is 2.99. The minimum absolute atomic E-state index is 0.206. The highest BCUT2D eigenvalue weighted by atomic mass is 16.4. The van der Waals surface area contributed by atoms with Crippen molar-refractivity contribution in [3.8, 4) is 0 Å². The number of nitrogens with one attached hydrogen (secondary N) is 1. The van der Waals surface area contributed by atoms with E-state index in [-0.39, 0.29) is 6.04 Å². The number of rotatable bonds is 2. The summed E-state index contributed by atoms with van der Waals surface area (Å²) >= 11 is 0. The van der Waals surface area contributed by atoms with Crippen LogP contribution >= 0.6 is 0 Å². The molecule has 1 aliphatic rings. The van der Waals surface area contributed by atoms with E-state index in [2.05, 4.69) is 29.6 Å². The van der Waals surface area contributed by atoms with Crippen LogP contribution in [0.15, 0.2) is 42.5 Å². The Balaban J connectivity index is 1.73. The number of benzene rings is 2. The van der Waals surface area contributed by atoms with Gasteiger partial charge in [0, 0.05) is 24.8 Å². The summed E-state index contributed by atoms with van der Waals surface area (Å²) in [6, 6.07) is 14.7. The summed E-state index contributed by atoms with van der Waals surface area (Å²) in [6.45, 7) is 1.17. The highest BCUT2D eigenvalue weighted by Gasteiger charge is 2.25. The summed E-state index contributed by atoms with van der Waals surface area (Å²) < 4.78 is 0. The minimum Gasteiger partial charge on any atom is -0.465 e. The van der Waals surface area contributed by atoms with Gasteiger partial charge in [0.05, 0.1) is 0 Å². The van der Waals surface area contributed by atoms with Gasteiger partial charge in [0.15, 0.2) is 0 Å². The third kappa shape index (κ3) is 2.47. The molecule has 4 heteroatoms. The van der Waals surface area contributed by atoms with Crippen molar-refractivity contribution in [1.82, 2.24) is 4.90 Å². The molecule has 2 aromatic carbocycles. The number of likely N-dealkylation sites (tertiary alicyclic amines) is 1. The third-order valence-electron chi connectivity index (χ3n) is 3.58. The molecule has 3 rings (SSSR count). The molecule has 0 saturated carbocycles. The minimum atomic E-state index is -0.831. The number of carboxylic acid groups (broad SMARTS) is 1. The highest BCUT2D eigenvalue weighted by molar-refractivity contribution is 5.85. The molecule has 19 heavy (non-hydrogen) atoms. The lowest BCUT2D eigenvalue weighted by atomic mass is 10.1. The molecule has 0 bridgehead atoms. The molecule has 0 spiro atoms. The molecular formula is C15H16N2O2. The fraction of sp³-hybridized carbons (Fsp3) is 0.267. The fourth-order valence-electron chi connectivity index (χ4n) is 2.57. The maximum absolute atomic E-state index is 10.9. The number of amides is 1. The molecule has 1 amide bonds. The standard InChI is InChI=1S/C15H16N2O2/c18-15(19)17-8-7-14(10-17)16-13-6-5-11-3-1-2-4-12(11)9-13/h1-6,9,14,16H,7-8,10H2,(H,18,19). The summed E-state index contributed by atoms with van der Waals surface area (Å²) in [4.78, 5) is 12.3. The number of carbonyl (C=O) groups is 1. The van der Waals surface area contributed by atoms with Gasteiger partial charge in [-0.1, -0.05) is 30.3 Å². The van der Waals surface area contributed by atoms with E-state index in [4.69, 9.17) is 5.11 Å². The van der Waals surface area contributed by atoms with Crippen molar-refractivity contribution in [3.63, 3.8) is 0 Å². The first kappa shape index (κ1) is 11.8. The maximum atomic E-state index is 10.9. The summed E-state index contributed by atoms with van der Waals surface area (Å²) in [5.74, 6) is 0. The second-order valence-electron chi connectivity index (χ2n) is 4.92. The van der Waals surface area contributed by atoms with Gasteiger partial charge in [0.1, 0.15) is 0 Å². The van der Waals surface area contributed by atoms with Gasteiger partial charge in [-0.3, -0.25) is 0 Å². The predicted molar refractivity (Wildman–Crippen MR) is 75.6 cm³/mol. The van der Waals surface area contributed by atoms with Crippen molar-refractivity contribution in [2.24, 2.45) is 0 Å². The monoisotopic (exact) mass is 256 g/mol. The molecular weight excluding hydrogens is 240 g/mol. The third-order valence-corrected chi connectivity index (χ3v) is 3.58. The van der Waals surface area contributed by atoms with Crippen LogP contribution in [0.25, 0.3) is 10.8 Å². The van der Waals surface area contributed by atoms with E-state index in [0.717, 1.165) is 12.1 Å².